The van der Waals surface area contributed by atoms with E-state index in [2.05, 4.69) is 48.4 Å². The molecule has 1 N–H and O–H groups in total. The number of aromatic nitrogens is 2. The van der Waals surface area contributed by atoms with Gasteiger partial charge in [0.1, 0.15) is 5.75 Å². The van der Waals surface area contributed by atoms with Gasteiger partial charge < -0.3 is 14.6 Å². The quantitative estimate of drug-likeness (QED) is 0.936. The fourth-order valence-corrected chi connectivity index (χ4v) is 2.51. The maximum atomic E-state index is 5.96. The molecule has 2 heterocycles. The molecule has 3 rings (SSSR count). The highest BCUT2D eigenvalue weighted by Gasteiger charge is 2.29. The van der Waals surface area contributed by atoms with Crippen LogP contribution in [-0.2, 0) is 12.8 Å². The molecule has 5 heteroatoms. The monoisotopic (exact) mass is 287 g/mol. The van der Waals surface area contributed by atoms with Crippen LogP contribution in [0, 0.1) is 13.8 Å². The highest BCUT2D eigenvalue weighted by molar-refractivity contribution is 5.44. The van der Waals surface area contributed by atoms with Gasteiger partial charge in [-0.15, -0.1) is 0 Å². The Balaban J connectivity index is 1.75. The Morgan fingerprint density at radius 2 is 2.10 bits per heavy atom. The van der Waals surface area contributed by atoms with Gasteiger partial charge in [-0.2, -0.15) is 4.98 Å². The molecule has 1 aromatic heterocycles. The lowest BCUT2D eigenvalue weighted by atomic mass is 10.0. The predicted octanol–water partition coefficient (Wildman–Crippen LogP) is 2.51. The summed E-state index contributed by atoms with van der Waals surface area (Å²) in [5.74, 6) is 2.23. The number of nitrogens with one attached hydrogen (secondary N) is 1. The van der Waals surface area contributed by atoms with Crippen molar-refractivity contribution < 1.29 is 9.26 Å². The average Bonchev–Trinajstić information content (AvgIpc) is 3.06. The van der Waals surface area contributed by atoms with Crippen LogP contribution in [0.25, 0.3) is 0 Å². The summed E-state index contributed by atoms with van der Waals surface area (Å²) in [5.41, 5.74) is 3.74. The molecule has 0 saturated heterocycles. The lowest BCUT2D eigenvalue weighted by molar-refractivity contribution is 0.183. The van der Waals surface area contributed by atoms with Crippen LogP contribution in [-0.4, -0.2) is 23.2 Å². The van der Waals surface area contributed by atoms with Crippen molar-refractivity contribution in [1.29, 1.82) is 0 Å². The molecule has 1 aliphatic heterocycles. The van der Waals surface area contributed by atoms with E-state index < -0.39 is 0 Å². The average molecular weight is 287 g/mol. The lowest BCUT2D eigenvalue weighted by Crippen LogP contribution is -2.24. The van der Waals surface area contributed by atoms with E-state index in [1.54, 1.807) is 0 Å². The van der Waals surface area contributed by atoms with Gasteiger partial charge in [0.15, 0.2) is 11.9 Å². The summed E-state index contributed by atoms with van der Waals surface area (Å²) in [7, 11) is 1.92. The Morgan fingerprint density at radius 1 is 1.33 bits per heavy atom. The fourth-order valence-electron chi connectivity index (χ4n) is 2.51. The summed E-state index contributed by atoms with van der Waals surface area (Å²) in [6, 6.07) is 4.60. The standard InChI is InChI=1S/C16H21N3O2/c1-9-5-12-8-14(20-13(12)6-10(9)2)16-18-15(19-21-16)7-11(3)17-4/h5-6,11,14,17H,7-8H2,1-4H3. The SMILES string of the molecule is CNC(C)Cc1noc(C2Cc3cc(C)c(C)cc3O2)n1. The number of rotatable bonds is 4. The number of hydrogen-bond acceptors (Lipinski definition) is 5. The topological polar surface area (TPSA) is 60.2 Å². The van der Waals surface area contributed by atoms with Gasteiger partial charge >= 0.3 is 0 Å². The second-order valence-electron chi connectivity index (χ2n) is 5.80. The molecule has 0 amide bonds. The molecule has 112 valence electrons. The third-order valence-electron chi connectivity index (χ3n) is 4.09. The van der Waals surface area contributed by atoms with Crippen molar-refractivity contribution in [1.82, 2.24) is 15.5 Å². The zero-order chi connectivity index (χ0) is 15.0. The number of hydrogen-bond donors (Lipinski definition) is 1. The van der Waals surface area contributed by atoms with Crippen LogP contribution in [0.2, 0.25) is 0 Å². The first-order chi connectivity index (χ1) is 10.1. The van der Waals surface area contributed by atoms with E-state index in [1.807, 2.05) is 7.05 Å². The first-order valence-corrected chi connectivity index (χ1v) is 7.33. The van der Waals surface area contributed by atoms with Crippen molar-refractivity contribution in [2.45, 2.75) is 45.8 Å². The number of aryl methyl sites for hydroxylation is 2. The van der Waals surface area contributed by atoms with Crippen molar-refractivity contribution in [3.8, 4) is 5.75 Å². The Bertz CT molecular complexity index is 620. The fraction of sp³-hybridized carbons (Fsp3) is 0.500. The van der Waals surface area contributed by atoms with Gasteiger partial charge in [0.25, 0.3) is 5.89 Å². The molecule has 21 heavy (non-hydrogen) atoms. The maximum absolute atomic E-state index is 5.96. The van der Waals surface area contributed by atoms with Crippen LogP contribution in [0.5, 0.6) is 5.75 Å². The summed E-state index contributed by atoms with van der Waals surface area (Å²) in [6.07, 6.45) is 1.38. The minimum Gasteiger partial charge on any atom is -0.480 e. The molecule has 0 fully saturated rings. The van der Waals surface area contributed by atoms with E-state index in [0.29, 0.717) is 11.9 Å². The Labute approximate surface area is 124 Å². The van der Waals surface area contributed by atoms with Crippen molar-refractivity contribution in [2.24, 2.45) is 0 Å². The summed E-state index contributed by atoms with van der Waals surface area (Å²) in [4.78, 5) is 4.47. The zero-order valence-corrected chi connectivity index (χ0v) is 12.9. The lowest BCUT2D eigenvalue weighted by Gasteiger charge is -2.06. The molecular weight excluding hydrogens is 266 g/mol. The first kappa shape index (κ1) is 14.1. The molecule has 0 radical (unpaired) electrons. The van der Waals surface area contributed by atoms with Gasteiger partial charge in [0.05, 0.1) is 0 Å². The second-order valence-corrected chi connectivity index (χ2v) is 5.80. The number of nitrogens with zero attached hydrogens (tertiary/aromatic N) is 2. The predicted molar refractivity (Wildman–Crippen MR) is 79.5 cm³/mol. The molecular formula is C16H21N3O2. The van der Waals surface area contributed by atoms with Crippen molar-refractivity contribution in [3.63, 3.8) is 0 Å². The maximum Gasteiger partial charge on any atom is 0.268 e. The van der Waals surface area contributed by atoms with Crippen molar-refractivity contribution in [2.75, 3.05) is 7.05 Å². The molecule has 5 nitrogen and oxygen atoms in total. The molecule has 0 bridgehead atoms. The zero-order valence-electron chi connectivity index (χ0n) is 12.9. The molecule has 0 saturated carbocycles. The van der Waals surface area contributed by atoms with E-state index >= 15 is 0 Å². The minimum atomic E-state index is -0.160. The highest BCUT2D eigenvalue weighted by Crippen LogP contribution is 2.37. The van der Waals surface area contributed by atoms with Gasteiger partial charge in [-0.05, 0) is 50.6 Å². The molecule has 0 spiro atoms. The third-order valence-corrected chi connectivity index (χ3v) is 4.09. The number of benzene rings is 1. The van der Waals surface area contributed by atoms with E-state index in [4.69, 9.17) is 9.26 Å². The van der Waals surface area contributed by atoms with Crippen LogP contribution >= 0.6 is 0 Å². The first-order valence-electron chi connectivity index (χ1n) is 7.33. The summed E-state index contributed by atoms with van der Waals surface area (Å²) >= 11 is 0. The summed E-state index contributed by atoms with van der Waals surface area (Å²) < 4.78 is 11.3. The van der Waals surface area contributed by atoms with E-state index in [1.165, 1.54) is 16.7 Å². The van der Waals surface area contributed by atoms with Gasteiger partial charge in [0.2, 0.25) is 0 Å². The minimum absolute atomic E-state index is 0.160. The van der Waals surface area contributed by atoms with Gasteiger partial charge in [-0.1, -0.05) is 11.2 Å². The van der Waals surface area contributed by atoms with Crippen LogP contribution in [0.15, 0.2) is 16.7 Å². The molecule has 1 aromatic carbocycles. The summed E-state index contributed by atoms with van der Waals surface area (Å²) in [6.45, 7) is 6.30. The highest BCUT2D eigenvalue weighted by atomic mass is 16.5. The molecule has 2 atom stereocenters. The molecule has 0 aliphatic carbocycles. The Morgan fingerprint density at radius 3 is 2.86 bits per heavy atom. The van der Waals surface area contributed by atoms with E-state index in [-0.39, 0.29) is 6.10 Å². The second kappa shape index (κ2) is 5.48. The van der Waals surface area contributed by atoms with Crippen molar-refractivity contribution >= 4 is 0 Å². The largest absolute Gasteiger partial charge is 0.480 e. The smallest absolute Gasteiger partial charge is 0.268 e. The molecule has 2 unspecified atom stereocenters. The van der Waals surface area contributed by atoms with Crippen LogP contribution in [0.4, 0.5) is 0 Å². The molecule has 2 aromatic rings. The number of likely N-dealkylation sites (N-methyl/N-ethyl adjacent to an activating group) is 1. The summed E-state index contributed by atoms with van der Waals surface area (Å²) in [5, 5.41) is 7.21. The normalized spacial score (nSPS) is 18.4. The number of fused-ring (bicyclic) bond motifs is 1. The third kappa shape index (κ3) is 2.78. The molecule has 1 aliphatic rings. The van der Waals surface area contributed by atoms with Gasteiger partial charge in [0, 0.05) is 18.9 Å². The Kier molecular flexibility index (Phi) is 3.68. The number of ether oxygens (including phenoxy) is 1. The van der Waals surface area contributed by atoms with Gasteiger partial charge in [-0.3, -0.25) is 0 Å². The Hall–Kier alpha value is -1.88. The van der Waals surface area contributed by atoms with Crippen LogP contribution in [0.1, 0.15) is 41.4 Å². The van der Waals surface area contributed by atoms with Gasteiger partial charge in [-0.25, -0.2) is 0 Å². The van der Waals surface area contributed by atoms with E-state index in [0.717, 1.165) is 24.4 Å². The van der Waals surface area contributed by atoms with Crippen LogP contribution < -0.4 is 10.1 Å². The van der Waals surface area contributed by atoms with E-state index in [9.17, 15) is 0 Å². The van der Waals surface area contributed by atoms with Crippen molar-refractivity contribution in [3.05, 3.63) is 40.5 Å². The van der Waals surface area contributed by atoms with Crippen LogP contribution in [0.3, 0.4) is 0 Å².